The normalized spacial score (nSPS) is 10.5. The standard InChI is InChI=1S/C18H15FN4O2/c1-23-17(25)10-15(12-6-8-20-9-7-12)22-18(23)21-11-16(24)13-2-4-14(19)5-3-13/h2-10H,11H2,1H3,(H,21,22). The van der Waals surface area contributed by atoms with Crippen LogP contribution in [0, 0.1) is 5.82 Å². The molecular weight excluding hydrogens is 323 g/mol. The molecule has 1 N–H and O–H groups in total. The second-order valence-corrected chi connectivity index (χ2v) is 5.38. The number of Topliss-reactive ketones (excluding diaryl/α,β-unsaturated/α-hetero) is 1. The molecule has 0 aliphatic heterocycles. The number of hydrogen-bond acceptors (Lipinski definition) is 5. The van der Waals surface area contributed by atoms with E-state index in [2.05, 4.69) is 15.3 Å². The molecule has 126 valence electrons. The number of halogens is 1. The SMILES string of the molecule is Cn1c(NCC(=O)c2ccc(F)cc2)nc(-c2ccncc2)cc1=O. The molecule has 3 rings (SSSR count). The second-order valence-electron chi connectivity index (χ2n) is 5.38. The van der Waals surface area contributed by atoms with Crippen LogP contribution in [0.2, 0.25) is 0 Å². The van der Waals surface area contributed by atoms with Gasteiger partial charge in [0.2, 0.25) is 5.95 Å². The van der Waals surface area contributed by atoms with Crippen LogP contribution in [-0.2, 0) is 7.05 Å². The lowest BCUT2D eigenvalue weighted by Crippen LogP contribution is -2.24. The Balaban J connectivity index is 1.82. The van der Waals surface area contributed by atoms with Gasteiger partial charge in [-0.2, -0.15) is 0 Å². The first kappa shape index (κ1) is 16.5. The van der Waals surface area contributed by atoms with Crippen LogP contribution in [0.5, 0.6) is 0 Å². The van der Waals surface area contributed by atoms with Gasteiger partial charge in [-0.1, -0.05) is 0 Å². The highest BCUT2D eigenvalue weighted by Gasteiger charge is 2.10. The van der Waals surface area contributed by atoms with Crippen molar-refractivity contribution in [3.63, 3.8) is 0 Å². The first-order valence-electron chi connectivity index (χ1n) is 7.56. The van der Waals surface area contributed by atoms with Gasteiger partial charge in [0.25, 0.3) is 5.56 Å². The maximum Gasteiger partial charge on any atom is 0.255 e. The van der Waals surface area contributed by atoms with Crippen molar-refractivity contribution in [1.29, 1.82) is 0 Å². The fourth-order valence-corrected chi connectivity index (χ4v) is 2.27. The third-order valence-electron chi connectivity index (χ3n) is 3.68. The van der Waals surface area contributed by atoms with Gasteiger partial charge >= 0.3 is 0 Å². The molecule has 0 spiro atoms. The van der Waals surface area contributed by atoms with Gasteiger partial charge in [0.05, 0.1) is 12.2 Å². The second kappa shape index (κ2) is 7.04. The first-order valence-corrected chi connectivity index (χ1v) is 7.56. The largest absolute Gasteiger partial charge is 0.348 e. The van der Waals surface area contributed by atoms with E-state index in [9.17, 15) is 14.0 Å². The van der Waals surface area contributed by atoms with Crippen molar-refractivity contribution in [2.75, 3.05) is 11.9 Å². The van der Waals surface area contributed by atoms with Crippen LogP contribution in [0.15, 0.2) is 59.7 Å². The van der Waals surface area contributed by atoms with Gasteiger partial charge in [0.1, 0.15) is 5.82 Å². The van der Waals surface area contributed by atoms with Crippen LogP contribution in [0.4, 0.5) is 10.3 Å². The fraction of sp³-hybridized carbons (Fsp3) is 0.111. The molecule has 0 unspecified atom stereocenters. The summed E-state index contributed by atoms with van der Waals surface area (Å²) in [5, 5.41) is 2.87. The van der Waals surface area contributed by atoms with E-state index in [-0.39, 0.29) is 23.8 Å². The number of carbonyl (C=O) groups excluding carboxylic acids is 1. The predicted octanol–water partition coefficient (Wildman–Crippen LogP) is 2.28. The Morgan fingerprint density at radius 3 is 2.52 bits per heavy atom. The lowest BCUT2D eigenvalue weighted by Gasteiger charge is -2.11. The molecule has 0 aliphatic carbocycles. The number of benzene rings is 1. The number of hydrogen-bond donors (Lipinski definition) is 1. The molecule has 0 bridgehead atoms. The van der Waals surface area contributed by atoms with Gasteiger partial charge in [-0.15, -0.1) is 0 Å². The quantitative estimate of drug-likeness (QED) is 0.722. The molecule has 0 radical (unpaired) electrons. The highest BCUT2D eigenvalue weighted by atomic mass is 19.1. The minimum absolute atomic E-state index is 0.0638. The average Bonchev–Trinajstić information content (AvgIpc) is 2.64. The number of anilines is 1. The van der Waals surface area contributed by atoms with Crippen molar-refractivity contribution in [2.24, 2.45) is 7.05 Å². The average molecular weight is 338 g/mol. The summed E-state index contributed by atoms with van der Waals surface area (Å²) in [7, 11) is 1.57. The van der Waals surface area contributed by atoms with Crippen LogP contribution in [-0.4, -0.2) is 26.9 Å². The molecule has 25 heavy (non-hydrogen) atoms. The van der Waals surface area contributed by atoms with E-state index in [1.165, 1.54) is 34.9 Å². The van der Waals surface area contributed by atoms with Crippen molar-refractivity contribution in [2.45, 2.75) is 0 Å². The molecule has 2 aromatic heterocycles. The summed E-state index contributed by atoms with van der Waals surface area (Å²) in [6, 6.07) is 10.2. The zero-order valence-electron chi connectivity index (χ0n) is 13.4. The summed E-state index contributed by atoms with van der Waals surface area (Å²) >= 11 is 0. The Morgan fingerprint density at radius 1 is 1.16 bits per heavy atom. The molecule has 0 atom stereocenters. The minimum Gasteiger partial charge on any atom is -0.348 e. The van der Waals surface area contributed by atoms with E-state index < -0.39 is 5.82 Å². The van der Waals surface area contributed by atoms with Crippen LogP contribution in [0.1, 0.15) is 10.4 Å². The van der Waals surface area contributed by atoms with E-state index in [1.807, 2.05) is 0 Å². The number of pyridine rings is 1. The van der Waals surface area contributed by atoms with Gasteiger partial charge in [-0.25, -0.2) is 9.37 Å². The first-order chi connectivity index (χ1) is 12.0. The van der Waals surface area contributed by atoms with E-state index in [0.717, 1.165) is 5.56 Å². The van der Waals surface area contributed by atoms with E-state index in [1.54, 1.807) is 31.6 Å². The van der Waals surface area contributed by atoms with Crippen LogP contribution >= 0.6 is 0 Å². The number of nitrogens with zero attached hydrogens (tertiary/aromatic N) is 3. The zero-order valence-corrected chi connectivity index (χ0v) is 13.4. The van der Waals surface area contributed by atoms with E-state index in [4.69, 9.17) is 0 Å². The molecule has 0 aliphatic rings. The monoisotopic (exact) mass is 338 g/mol. The van der Waals surface area contributed by atoms with Crippen molar-refractivity contribution >= 4 is 11.7 Å². The van der Waals surface area contributed by atoms with Crippen molar-refractivity contribution in [1.82, 2.24) is 14.5 Å². The number of nitrogens with one attached hydrogen (secondary N) is 1. The number of rotatable bonds is 5. The van der Waals surface area contributed by atoms with Crippen molar-refractivity contribution in [3.8, 4) is 11.3 Å². The Morgan fingerprint density at radius 2 is 1.84 bits per heavy atom. The summed E-state index contributed by atoms with van der Waals surface area (Å²) in [6.45, 7) is -0.0638. The van der Waals surface area contributed by atoms with Crippen LogP contribution in [0.25, 0.3) is 11.3 Å². The third kappa shape index (κ3) is 3.77. The summed E-state index contributed by atoms with van der Waals surface area (Å²) in [5.74, 6) is -0.364. The van der Waals surface area contributed by atoms with Gasteiger partial charge < -0.3 is 5.32 Å². The number of carbonyl (C=O) groups is 1. The summed E-state index contributed by atoms with van der Waals surface area (Å²) in [5.41, 5.74) is 1.37. The molecule has 7 heteroatoms. The van der Waals surface area contributed by atoms with Crippen LogP contribution in [0.3, 0.4) is 0 Å². The lowest BCUT2D eigenvalue weighted by atomic mass is 10.1. The summed E-state index contributed by atoms with van der Waals surface area (Å²) in [6.07, 6.45) is 3.22. The minimum atomic E-state index is -0.404. The molecule has 6 nitrogen and oxygen atoms in total. The number of aromatic nitrogens is 3. The molecular formula is C18H15FN4O2. The Bertz CT molecular complexity index is 953. The molecule has 3 aromatic rings. The maximum atomic E-state index is 12.9. The lowest BCUT2D eigenvalue weighted by molar-refractivity contribution is 0.101. The van der Waals surface area contributed by atoms with Crippen molar-refractivity contribution < 1.29 is 9.18 Å². The molecule has 2 heterocycles. The van der Waals surface area contributed by atoms with Gasteiger partial charge in [0.15, 0.2) is 5.78 Å². The van der Waals surface area contributed by atoms with Crippen molar-refractivity contribution in [3.05, 3.63) is 76.6 Å². The van der Waals surface area contributed by atoms with Gasteiger partial charge in [-0.05, 0) is 36.4 Å². The molecule has 0 fully saturated rings. The highest BCUT2D eigenvalue weighted by Crippen LogP contribution is 2.15. The molecule has 0 saturated heterocycles. The molecule has 0 amide bonds. The Hall–Kier alpha value is -3.35. The maximum absolute atomic E-state index is 12.9. The zero-order chi connectivity index (χ0) is 17.8. The van der Waals surface area contributed by atoms with E-state index in [0.29, 0.717) is 11.3 Å². The van der Waals surface area contributed by atoms with Crippen LogP contribution < -0.4 is 10.9 Å². The van der Waals surface area contributed by atoms with Gasteiger partial charge in [0, 0.05) is 36.6 Å². The molecule has 0 saturated carbocycles. The topological polar surface area (TPSA) is 76.9 Å². The summed E-state index contributed by atoms with van der Waals surface area (Å²) < 4.78 is 14.2. The molecule has 1 aromatic carbocycles. The Kier molecular flexibility index (Phi) is 4.65. The predicted molar refractivity (Wildman–Crippen MR) is 91.9 cm³/mol. The Labute approximate surface area is 143 Å². The highest BCUT2D eigenvalue weighted by molar-refractivity contribution is 5.98. The third-order valence-corrected chi connectivity index (χ3v) is 3.68. The fourth-order valence-electron chi connectivity index (χ4n) is 2.27. The van der Waals surface area contributed by atoms with E-state index >= 15 is 0 Å². The smallest absolute Gasteiger partial charge is 0.255 e. The van der Waals surface area contributed by atoms with Gasteiger partial charge in [-0.3, -0.25) is 19.1 Å². The number of ketones is 1. The summed E-state index contributed by atoms with van der Waals surface area (Å²) in [4.78, 5) is 32.6.